The average Bonchev–Trinajstić information content (AvgIpc) is 2.88. The smallest absolute Gasteiger partial charge is 0.128 e. The summed E-state index contributed by atoms with van der Waals surface area (Å²) in [6.45, 7) is 6.86. The second-order valence-electron chi connectivity index (χ2n) is 4.77. The number of rotatable bonds is 5. The molecule has 0 saturated carbocycles. The third kappa shape index (κ3) is 3.14. The van der Waals surface area contributed by atoms with Crippen LogP contribution in [0.3, 0.4) is 0 Å². The van der Waals surface area contributed by atoms with Gasteiger partial charge in [-0.3, -0.25) is 0 Å². The Hall–Kier alpha value is -1.39. The second-order valence-corrected chi connectivity index (χ2v) is 5.66. The van der Waals surface area contributed by atoms with Gasteiger partial charge in [0.2, 0.25) is 0 Å². The van der Waals surface area contributed by atoms with Crippen molar-refractivity contribution in [3.05, 3.63) is 34.7 Å². The van der Waals surface area contributed by atoms with Crippen LogP contribution in [0.25, 0.3) is 11.3 Å². The molecule has 0 aliphatic carbocycles. The third-order valence-electron chi connectivity index (χ3n) is 2.99. The van der Waals surface area contributed by atoms with E-state index in [0.29, 0.717) is 12.5 Å². The van der Waals surface area contributed by atoms with Crippen LogP contribution in [0.5, 0.6) is 5.75 Å². The van der Waals surface area contributed by atoms with Crippen molar-refractivity contribution in [1.82, 2.24) is 4.98 Å². The van der Waals surface area contributed by atoms with E-state index in [1.807, 2.05) is 31.2 Å². The largest absolute Gasteiger partial charge is 0.493 e. The first-order valence-corrected chi connectivity index (χ1v) is 7.44. The SMILES string of the molecule is CCOc1ccccc1-c1csc(C(N)C(C)C)n1. The fourth-order valence-electron chi connectivity index (χ4n) is 1.81. The first kappa shape index (κ1) is 14.0. The average molecular weight is 276 g/mol. The zero-order valence-corrected chi connectivity index (χ0v) is 12.4. The molecule has 19 heavy (non-hydrogen) atoms. The maximum absolute atomic E-state index is 6.14. The quantitative estimate of drug-likeness (QED) is 0.902. The van der Waals surface area contributed by atoms with Gasteiger partial charge in [0, 0.05) is 10.9 Å². The molecule has 0 amide bonds. The topological polar surface area (TPSA) is 48.1 Å². The minimum absolute atomic E-state index is 0.00185. The summed E-state index contributed by atoms with van der Waals surface area (Å²) in [5.41, 5.74) is 8.12. The molecule has 2 N–H and O–H groups in total. The molecule has 0 fully saturated rings. The van der Waals surface area contributed by atoms with Crippen LogP contribution in [0.4, 0.5) is 0 Å². The van der Waals surface area contributed by atoms with E-state index in [1.165, 1.54) is 0 Å². The minimum Gasteiger partial charge on any atom is -0.493 e. The summed E-state index contributed by atoms with van der Waals surface area (Å²) in [6, 6.07) is 7.98. The van der Waals surface area contributed by atoms with Gasteiger partial charge in [0.15, 0.2) is 0 Å². The Labute approximate surface area is 118 Å². The molecule has 0 saturated heterocycles. The predicted octanol–water partition coefficient (Wildman–Crippen LogP) is 3.86. The number of hydrogen-bond acceptors (Lipinski definition) is 4. The molecule has 2 aromatic rings. The minimum atomic E-state index is -0.00185. The number of nitrogens with zero attached hydrogens (tertiary/aromatic N) is 1. The van der Waals surface area contributed by atoms with Crippen LogP contribution in [0, 0.1) is 5.92 Å². The van der Waals surface area contributed by atoms with E-state index >= 15 is 0 Å². The number of aromatic nitrogens is 1. The number of nitrogens with two attached hydrogens (primary N) is 1. The van der Waals surface area contributed by atoms with Crippen molar-refractivity contribution >= 4 is 11.3 Å². The van der Waals surface area contributed by atoms with Gasteiger partial charge in [0.25, 0.3) is 0 Å². The molecule has 0 spiro atoms. The van der Waals surface area contributed by atoms with Crippen molar-refractivity contribution in [2.75, 3.05) is 6.61 Å². The summed E-state index contributed by atoms with van der Waals surface area (Å²) in [6.07, 6.45) is 0. The van der Waals surface area contributed by atoms with Crippen molar-refractivity contribution < 1.29 is 4.74 Å². The highest BCUT2D eigenvalue weighted by molar-refractivity contribution is 7.10. The lowest BCUT2D eigenvalue weighted by Gasteiger charge is -2.12. The van der Waals surface area contributed by atoms with Gasteiger partial charge in [-0.2, -0.15) is 0 Å². The molecule has 4 heteroatoms. The summed E-state index contributed by atoms with van der Waals surface area (Å²) in [5, 5.41) is 3.03. The molecule has 102 valence electrons. The predicted molar refractivity (Wildman–Crippen MR) is 80.5 cm³/mol. The lowest BCUT2D eigenvalue weighted by Crippen LogP contribution is -2.16. The van der Waals surface area contributed by atoms with Crippen LogP contribution in [0.2, 0.25) is 0 Å². The Kier molecular flexibility index (Phi) is 4.56. The fourth-order valence-corrected chi connectivity index (χ4v) is 2.80. The molecular weight excluding hydrogens is 256 g/mol. The van der Waals surface area contributed by atoms with Crippen LogP contribution in [0.1, 0.15) is 31.8 Å². The van der Waals surface area contributed by atoms with E-state index < -0.39 is 0 Å². The number of thiazole rings is 1. The Bertz CT molecular complexity index is 536. The summed E-state index contributed by atoms with van der Waals surface area (Å²) in [7, 11) is 0. The molecule has 1 aromatic heterocycles. The maximum atomic E-state index is 6.14. The highest BCUT2D eigenvalue weighted by Crippen LogP contribution is 2.32. The molecule has 0 bridgehead atoms. The lowest BCUT2D eigenvalue weighted by molar-refractivity contribution is 0.341. The van der Waals surface area contributed by atoms with Crippen molar-refractivity contribution in [3.8, 4) is 17.0 Å². The van der Waals surface area contributed by atoms with Gasteiger partial charge in [-0.1, -0.05) is 26.0 Å². The first-order chi connectivity index (χ1) is 9.13. The Balaban J connectivity index is 2.32. The van der Waals surface area contributed by atoms with Gasteiger partial charge >= 0.3 is 0 Å². The molecule has 2 rings (SSSR count). The third-order valence-corrected chi connectivity index (χ3v) is 3.93. The lowest BCUT2D eigenvalue weighted by atomic mass is 10.1. The van der Waals surface area contributed by atoms with Crippen LogP contribution in [-0.4, -0.2) is 11.6 Å². The van der Waals surface area contributed by atoms with Gasteiger partial charge in [-0.25, -0.2) is 4.98 Å². The van der Waals surface area contributed by atoms with Gasteiger partial charge in [-0.05, 0) is 25.0 Å². The normalized spacial score (nSPS) is 12.7. The molecule has 0 aliphatic heterocycles. The standard InChI is InChI=1S/C15H20N2OS/c1-4-18-13-8-6-5-7-11(13)12-9-19-15(17-12)14(16)10(2)3/h5-10,14H,4,16H2,1-3H3. The van der Waals surface area contributed by atoms with Gasteiger partial charge < -0.3 is 10.5 Å². The zero-order valence-electron chi connectivity index (χ0n) is 11.6. The molecule has 1 heterocycles. The highest BCUT2D eigenvalue weighted by atomic mass is 32.1. The van der Waals surface area contributed by atoms with E-state index in [0.717, 1.165) is 22.0 Å². The van der Waals surface area contributed by atoms with Crippen LogP contribution in [0.15, 0.2) is 29.6 Å². The Morgan fingerprint density at radius 1 is 1.32 bits per heavy atom. The number of benzene rings is 1. The van der Waals surface area contributed by atoms with E-state index in [1.54, 1.807) is 11.3 Å². The Morgan fingerprint density at radius 2 is 2.05 bits per heavy atom. The van der Waals surface area contributed by atoms with Crippen LogP contribution in [-0.2, 0) is 0 Å². The molecule has 1 unspecified atom stereocenters. The van der Waals surface area contributed by atoms with Crippen molar-refractivity contribution in [2.24, 2.45) is 11.7 Å². The Morgan fingerprint density at radius 3 is 2.74 bits per heavy atom. The second kappa shape index (κ2) is 6.17. The highest BCUT2D eigenvalue weighted by Gasteiger charge is 2.16. The summed E-state index contributed by atoms with van der Waals surface area (Å²) < 4.78 is 5.64. The number of para-hydroxylation sites is 1. The van der Waals surface area contributed by atoms with Crippen LogP contribution >= 0.6 is 11.3 Å². The summed E-state index contributed by atoms with van der Waals surface area (Å²) in [4.78, 5) is 4.66. The van der Waals surface area contributed by atoms with Gasteiger partial charge in [0.1, 0.15) is 10.8 Å². The first-order valence-electron chi connectivity index (χ1n) is 6.56. The van der Waals surface area contributed by atoms with Crippen LogP contribution < -0.4 is 10.5 Å². The molecule has 3 nitrogen and oxygen atoms in total. The van der Waals surface area contributed by atoms with Gasteiger partial charge in [0.05, 0.1) is 18.3 Å². The number of ether oxygens (including phenoxy) is 1. The van der Waals surface area contributed by atoms with E-state index in [-0.39, 0.29) is 6.04 Å². The summed E-state index contributed by atoms with van der Waals surface area (Å²) >= 11 is 1.62. The van der Waals surface area contributed by atoms with Crippen molar-refractivity contribution in [3.63, 3.8) is 0 Å². The van der Waals surface area contributed by atoms with E-state index in [2.05, 4.69) is 24.2 Å². The van der Waals surface area contributed by atoms with E-state index in [4.69, 9.17) is 10.5 Å². The molecule has 1 atom stereocenters. The maximum Gasteiger partial charge on any atom is 0.128 e. The van der Waals surface area contributed by atoms with E-state index in [9.17, 15) is 0 Å². The molecule has 1 aromatic carbocycles. The molecule has 0 radical (unpaired) electrons. The molecular formula is C15H20N2OS. The van der Waals surface area contributed by atoms with Gasteiger partial charge in [-0.15, -0.1) is 11.3 Å². The summed E-state index contributed by atoms with van der Waals surface area (Å²) in [5.74, 6) is 1.26. The monoisotopic (exact) mass is 276 g/mol. The fraction of sp³-hybridized carbons (Fsp3) is 0.400. The van der Waals surface area contributed by atoms with Crippen molar-refractivity contribution in [1.29, 1.82) is 0 Å². The van der Waals surface area contributed by atoms with Crippen molar-refractivity contribution in [2.45, 2.75) is 26.8 Å². The zero-order chi connectivity index (χ0) is 13.8. The number of hydrogen-bond donors (Lipinski definition) is 1. The molecule has 0 aliphatic rings.